The third-order valence-electron chi connectivity index (χ3n) is 3.16. The van der Waals surface area contributed by atoms with Crippen LogP contribution < -0.4 is 11.2 Å². The van der Waals surface area contributed by atoms with E-state index in [9.17, 15) is 14.4 Å². The van der Waals surface area contributed by atoms with Gasteiger partial charge in [-0.15, -0.1) is 0 Å². The number of aromatic nitrogens is 1. The first kappa shape index (κ1) is 18.2. The first-order valence-electron chi connectivity index (χ1n) is 7.14. The van der Waals surface area contributed by atoms with Gasteiger partial charge >= 0.3 is 0 Å². The number of nitrogens with zero attached hydrogens (tertiary/aromatic N) is 2. The minimum atomic E-state index is -0.430. The molecule has 0 atom stereocenters. The van der Waals surface area contributed by atoms with Crippen LogP contribution in [0.2, 0.25) is 0 Å². The van der Waals surface area contributed by atoms with Crippen LogP contribution in [0.4, 0.5) is 10.1 Å². The maximum absolute atomic E-state index is 13.3. The van der Waals surface area contributed by atoms with Crippen molar-refractivity contribution in [2.24, 2.45) is 10.7 Å². The fourth-order valence-corrected chi connectivity index (χ4v) is 2.36. The van der Waals surface area contributed by atoms with Crippen LogP contribution in [0.1, 0.15) is 24.1 Å². The summed E-state index contributed by atoms with van der Waals surface area (Å²) in [5, 5.41) is 13.1. The van der Waals surface area contributed by atoms with Gasteiger partial charge in [-0.25, -0.2) is 9.38 Å². The molecule has 0 radical (unpaired) electrons. The molecular weight excluding hydrogens is 383 g/mol. The predicted molar refractivity (Wildman–Crippen MR) is 88.7 cm³/mol. The first-order valence-corrected chi connectivity index (χ1v) is 7.93. The molecule has 128 valence electrons. The molecule has 2 aromatic rings. The van der Waals surface area contributed by atoms with Gasteiger partial charge in [-0.1, -0.05) is 5.16 Å². The van der Waals surface area contributed by atoms with Gasteiger partial charge in [0.25, 0.3) is 0 Å². The maximum Gasteiger partial charge on any atom is 0.180 e. The highest BCUT2D eigenvalue weighted by molar-refractivity contribution is 9.10. The van der Waals surface area contributed by atoms with Gasteiger partial charge in [-0.3, -0.25) is 15.5 Å². The lowest BCUT2D eigenvalue weighted by Gasteiger charge is -2.05. The van der Waals surface area contributed by atoms with Crippen LogP contribution in [0, 0.1) is 5.82 Å². The van der Waals surface area contributed by atoms with Gasteiger partial charge in [-0.05, 0) is 47.1 Å². The molecule has 2 rings (SSSR count). The molecule has 0 aliphatic carbocycles. The van der Waals surface area contributed by atoms with Crippen molar-refractivity contribution in [2.75, 3.05) is 6.54 Å². The second-order valence-corrected chi connectivity index (χ2v) is 5.82. The third kappa shape index (κ3) is 4.70. The van der Waals surface area contributed by atoms with E-state index in [0.29, 0.717) is 30.6 Å². The van der Waals surface area contributed by atoms with Gasteiger partial charge < -0.3 is 10.3 Å². The quantitative estimate of drug-likeness (QED) is 0.375. The van der Waals surface area contributed by atoms with Crippen LogP contribution in [0.25, 0.3) is 0 Å². The van der Waals surface area contributed by atoms with Crippen molar-refractivity contribution >= 4 is 33.2 Å². The molecule has 0 aliphatic rings. The molecule has 0 saturated heterocycles. The Morgan fingerprint density at radius 3 is 2.96 bits per heavy atom. The number of aliphatic imine (C=N–C) groups is 1. The van der Waals surface area contributed by atoms with E-state index < -0.39 is 5.82 Å². The number of nitrogens with one attached hydrogen (secondary N) is 1. The number of carbonyl (C=O) groups is 1. The molecular formula is C15H16BrFN4O3. The van der Waals surface area contributed by atoms with E-state index in [1.165, 1.54) is 24.5 Å². The lowest BCUT2D eigenvalue weighted by Crippen LogP contribution is -2.22. The van der Waals surface area contributed by atoms with Crippen molar-refractivity contribution in [3.63, 3.8) is 0 Å². The number of nitrogens with two attached hydrogens (primary N) is 1. The van der Waals surface area contributed by atoms with Crippen LogP contribution in [-0.4, -0.2) is 28.5 Å². The zero-order valence-electron chi connectivity index (χ0n) is 12.6. The summed E-state index contributed by atoms with van der Waals surface area (Å²) in [6.45, 7) is 0.437. The summed E-state index contributed by atoms with van der Waals surface area (Å²) >= 11 is 3.06. The maximum atomic E-state index is 13.3. The normalized spacial score (nSPS) is 11.6. The topological polar surface area (TPSA) is 114 Å². The number of hydrogen-bond donors (Lipinski definition) is 3. The van der Waals surface area contributed by atoms with E-state index in [4.69, 9.17) is 10.3 Å². The standard InChI is InChI=1S/C15H16BrFN4O3/c16-12-7-10(3-4-13(12)17)19-15(20-23)14-9(8-24-21-14)6-11(22)2-1-5-18/h3-4,7-8,23H,1-2,5-6,18H2,(H,19,20). The molecule has 7 nitrogen and oxygen atoms in total. The molecule has 0 fully saturated rings. The SMILES string of the molecule is NCCCC(=O)Cc1conc1C(=Nc1ccc(F)c(Br)c1)NO. The summed E-state index contributed by atoms with van der Waals surface area (Å²) in [6, 6.07) is 4.11. The Morgan fingerprint density at radius 1 is 1.50 bits per heavy atom. The minimum absolute atomic E-state index is 0.0103. The predicted octanol–water partition coefficient (Wildman–Crippen LogP) is 2.48. The number of halogens is 2. The Balaban J connectivity index is 2.24. The summed E-state index contributed by atoms with van der Waals surface area (Å²) < 4.78 is 18.4. The van der Waals surface area contributed by atoms with Gasteiger partial charge in [-0.2, -0.15) is 0 Å². The number of carbonyl (C=O) groups excluding carboxylic acids is 1. The molecule has 1 aromatic heterocycles. The fourth-order valence-electron chi connectivity index (χ4n) is 1.99. The van der Waals surface area contributed by atoms with E-state index in [-0.39, 0.29) is 28.2 Å². The number of rotatable bonds is 7. The smallest absolute Gasteiger partial charge is 0.180 e. The number of benzene rings is 1. The molecule has 24 heavy (non-hydrogen) atoms. The van der Waals surface area contributed by atoms with Crippen molar-refractivity contribution in [3.05, 3.63) is 46.0 Å². The summed E-state index contributed by atoms with van der Waals surface area (Å²) in [7, 11) is 0. The molecule has 0 aliphatic heterocycles. The van der Waals surface area contributed by atoms with Gasteiger partial charge in [0, 0.05) is 18.4 Å². The lowest BCUT2D eigenvalue weighted by molar-refractivity contribution is -0.118. The van der Waals surface area contributed by atoms with Crippen LogP contribution in [0.3, 0.4) is 0 Å². The molecule has 1 aromatic carbocycles. The van der Waals surface area contributed by atoms with Crippen molar-refractivity contribution in [3.8, 4) is 0 Å². The largest absolute Gasteiger partial charge is 0.364 e. The van der Waals surface area contributed by atoms with E-state index in [1.54, 1.807) is 0 Å². The Hall–Kier alpha value is -2.10. The van der Waals surface area contributed by atoms with Crippen molar-refractivity contribution in [2.45, 2.75) is 19.3 Å². The van der Waals surface area contributed by atoms with Crippen LogP contribution in [-0.2, 0) is 11.2 Å². The monoisotopic (exact) mass is 398 g/mol. The van der Waals surface area contributed by atoms with Gasteiger partial charge in [0.2, 0.25) is 0 Å². The summed E-state index contributed by atoms with van der Waals surface area (Å²) in [4.78, 5) is 16.0. The number of ketones is 1. The Kier molecular flexibility index (Phi) is 6.59. The highest BCUT2D eigenvalue weighted by Crippen LogP contribution is 2.23. The molecule has 0 saturated carbocycles. The number of hydrogen-bond acceptors (Lipinski definition) is 6. The van der Waals surface area contributed by atoms with Crippen molar-refractivity contribution < 1.29 is 18.9 Å². The molecule has 0 bridgehead atoms. The molecule has 4 N–H and O–H groups in total. The lowest BCUT2D eigenvalue weighted by atomic mass is 10.1. The number of amidine groups is 1. The highest BCUT2D eigenvalue weighted by Gasteiger charge is 2.17. The van der Waals surface area contributed by atoms with Gasteiger partial charge in [0.15, 0.2) is 11.5 Å². The number of Topliss-reactive ketones (excluding diaryl/α,β-unsaturated/α-hetero) is 1. The van der Waals surface area contributed by atoms with Crippen LogP contribution in [0.5, 0.6) is 0 Å². The second kappa shape index (κ2) is 8.67. The molecule has 9 heteroatoms. The Labute approximate surface area is 145 Å². The Morgan fingerprint density at radius 2 is 2.29 bits per heavy atom. The summed E-state index contributed by atoms with van der Waals surface area (Å²) in [5.41, 5.74) is 8.38. The zero-order valence-corrected chi connectivity index (χ0v) is 14.2. The molecule has 0 spiro atoms. The third-order valence-corrected chi connectivity index (χ3v) is 3.77. The van der Waals surface area contributed by atoms with E-state index >= 15 is 0 Å². The minimum Gasteiger partial charge on any atom is -0.364 e. The second-order valence-electron chi connectivity index (χ2n) is 4.97. The van der Waals surface area contributed by atoms with Crippen LogP contribution in [0.15, 0.2) is 38.5 Å². The molecule has 1 heterocycles. The van der Waals surface area contributed by atoms with E-state index in [2.05, 4.69) is 26.1 Å². The average molecular weight is 399 g/mol. The number of hydroxylamine groups is 1. The van der Waals surface area contributed by atoms with Crippen LogP contribution >= 0.6 is 15.9 Å². The summed E-state index contributed by atoms with van der Waals surface area (Å²) in [5.74, 6) is -0.462. The molecule has 0 amide bonds. The van der Waals surface area contributed by atoms with Crippen molar-refractivity contribution in [1.29, 1.82) is 0 Å². The highest BCUT2D eigenvalue weighted by atomic mass is 79.9. The van der Waals surface area contributed by atoms with E-state index in [1.807, 2.05) is 5.48 Å². The fraction of sp³-hybridized carbons (Fsp3) is 0.267. The van der Waals surface area contributed by atoms with E-state index in [0.717, 1.165) is 0 Å². The first-order chi connectivity index (χ1) is 11.5. The van der Waals surface area contributed by atoms with Crippen molar-refractivity contribution in [1.82, 2.24) is 10.6 Å². The van der Waals surface area contributed by atoms with Gasteiger partial charge in [0.1, 0.15) is 17.9 Å². The van der Waals surface area contributed by atoms with Gasteiger partial charge in [0.05, 0.1) is 10.2 Å². The average Bonchev–Trinajstić information content (AvgIpc) is 3.01. The Bertz CT molecular complexity index is 748. The zero-order chi connectivity index (χ0) is 17.5. The molecule has 0 unspecified atom stereocenters. The summed E-state index contributed by atoms with van der Waals surface area (Å²) in [6.07, 6.45) is 2.36.